The Bertz CT molecular complexity index is 397. The van der Waals surface area contributed by atoms with Crippen LogP contribution in [-0.4, -0.2) is 39.3 Å². The zero-order chi connectivity index (χ0) is 13.4. The maximum Gasteiger partial charge on any atom is 0.252 e. The summed E-state index contributed by atoms with van der Waals surface area (Å²) in [7, 11) is 1.67. The summed E-state index contributed by atoms with van der Waals surface area (Å²) < 4.78 is 5.73. The van der Waals surface area contributed by atoms with Crippen LogP contribution >= 0.6 is 15.9 Å². The summed E-state index contributed by atoms with van der Waals surface area (Å²) in [5.74, 6) is -0.0564. The van der Waals surface area contributed by atoms with Crippen molar-refractivity contribution >= 4 is 21.8 Å². The van der Waals surface area contributed by atoms with E-state index in [4.69, 9.17) is 4.74 Å². The molecule has 0 atom stereocenters. The molecule has 0 saturated carbocycles. The lowest BCUT2D eigenvalue weighted by Crippen LogP contribution is -2.33. The van der Waals surface area contributed by atoms with E-state index in [9.17, 15) is 4.79 Å². The van der Waals surface area contributed by atoms with Crippen molar-refractivity contribution in [1.29, 1.82) is 0 Å². The second-order valence-corrected chi connectivity index (χ2v) is 4.84. The number of methoxy groups -OCH3 is 1. The Morgan fingerprint density at radius 1 is 1.33 bits per heavy atom. The molecular formula is C13H19BrN2O2. The normalized spacial score (nSPS) is 10.4. The molecule has 2 N–H and O–H groups in total. The maximum absolute atomic E-state index is 11.9. The molecule has 0 bridgehead atoms. The first-order valence-corrected chi connectivity index (χ1v) is 6.68. The summed E-state index contributed by atoms with van der Waals surface area (Å²) in [6.07, 6.45) is 0. The molecule has 0 saturated heterocycles. The van der Waals surface area contributed by atoms with Gasteiger partial charge in [-0.05, 0) is 35.0 Å². The number of nitrogens with one attached hydrogen (secondary N) is 2. The Balaban J connectivity index is 2.34. The molecule has 18 heavy (non-hydrogen) atoms. The number of ether oxygens (including phenoxy) is 1. The SMILES string of the molecule is COCCNCCNC(=O)c1cc(C)ccc1Br. The van der Waals surface area contributed by atoms with Gasteiger partial charge in [0.05, 0.1) is 12.2 Å². The molecule has 0 aliphatic rings. The third kappa shape index (κ3) is 5.16. The number of aryl methyl sites for hydroxylation is 1. The molecule has 0 spiro atoms. The number of carbonyl (C=O) groups is 1. The standard InChI is InChI=1S/C13H19BrN2O2/c1-10-3-4-12(14)11(9-10)13(17)16-6-5-15-7-8-18-2/h3-4,9,15H,5-8H2,1-2H3,(H,16,17). The molecular weight excluding hydrogens is 296 g/mol. The minimum Gasteiger partial charge on any atom is -0.383 e. The number of amides is 1. The smallest absolute Gasteiger partial charge is 0.252 e. The molecule has 0 aliphatic carbocycles. The van der Waals surface area contributed by atoms with Crippen molar-refractivity contribution < 1.29 is 9.53 Å². The zero-order valence-electron chi connectivity index (χ0n) is 10.8. The van der Waals surface area contributed by atoms with Crippen molar-refractivity contribution in [2.75, 3.05) is 33.4 Å². The van der Waals surface area contributed by atoms with E-state index in [0.29, 0.717) is 18.7 Å². The first-order valence-electron chi connectivity index (χ1n) is 5.89. The van der Waals surface area contributed by atoms with Crippen LogP contribution in [0.3, 0.4) is 0 Å². The first kappa shape index (κ1) is 15.1. The second kappa shape index (κ2) is 8.24. The molecule has 4 nitrogen and oxygen atoms in total. The van der Waals surface area contributed by atoms with Gasteiger partial charge in [0, 0.05) is 31.2 Å². The van der Waals surface area contributed by atoms with Crippen LogP contribution in [-0.2, 0) is 4.74 Å². The molecule has 0 aromatic heterocycles. The molecule has 1 aromatic rings. The van der Waals surface area contributed by atoms with Gasteiger partial charge in [0.2, 0.25) is 0 Å². The monoisotopic (exact) mass is 314 g/mol. The van der Waals surface area contributed by atoms with Gasteiger partial charge in [0.1, 0.15) is 0 Å². The Hall–Kier alpha value is -0.910. The average molecular weight is 315 g/mol. The van der Waals surface area contributed by atoms with Gasteiger partial charge in [-0.3, -0.25) is 4.79 Å². The van der Waals surface area contributed by atoms with Gasteiger partial charge in [-0.15, -0.1) is 0 Å². The fourth-order valence-electron chi connectivity index (χ4n) is 1.47. The van der Waals surface area contributed by atoms with E-state index >= 15 is 0 Å². The highest BCUT2D eigenvalue weighted by molar-refractivity contribution is 9.10. The zero-order valence-corrected chi connectivity index (χ0v) is 12.3. The molecule has 0 fully saturated rings. The maximum atomic E-state index is 11.9. The molecule has 0 aliphatic heterocycles. The number of benzene rings is 1. The van der Waals surface area contributed by atoms with Crippen molar-refractivity contribution in [3.8, 4) is 0 Å². The number of hydrogen-bond acceptors (Lipinski definition) is 3. The Labute approximate surface area is 116 Å². The molecule has 0 unspecified atom stereocenters. The van der Waals surface area contributed by atoms with Gasteiger partial charge in [-0.2, -0.15) is 0 Å². The highest BCUT2D eigenvalue weighted by Crippen LogP contribution is 2.17. The van der Waals surface area contributed by atoms with Crippen LogP contribution < -0.4 is 10.6 Å². The lowest BCUT2D eigenvalue weighted by Gasteiger charge is -2.08. The molecule has 1 amide bonds. The number of rotatable bonds is 7. The lowest BCUT2D eigenvalue weighted by molar-refractivity contribution is 0.0953. The van der Waals surface area contributed by atoms with Crippen molar-refractivity contribution in [3.63, 3.8) is 0 Å². The lowest BCUT2D eigenvalue weighted by atomic mass is 10.1. The highest BCUT2D eigenvalue weighted by atomic mass is 79.9. The van der Waals surface area contributed by atoms with Gasteiger partial charge in [-0.25, -0.2) is 0 Å². The minimum absolute atomic E-state index is 0.0564. The topological polar surface area (TPSA) is 50.4 Å². The van der Waals surface area contributed by atoms with Crippen LogP contribution in [0.2, 0.25) is 0 Å². The van der Waals surface area contributed by atoms with E-state index in [1.54, 1.807) is 7.11 Å². The van der Waals surface area contributed by atoms with Gasteiger partial charge in [0.25, 0.3) is 5.91 Å². The first-order chi connectivity index (χ1) is 8.65. The Morgan fingerprint density at radius 3 is 2.83 bits per heavy atom. The number of carbonyl (C=O) groups excluding carboxylic acids is 1. The van der Waals surface area contributed by atoms with E-state index in [-0.39, 0.29) is 5.91 Å². The molecule has 5 heteroatoms. The van der Waals surface area contributed by atoms with Crippen molar-refractivity contribution in [1.82, 2.24) is 10.6 Å². The fourth-order valence-corrected chi connectivity index (χ4v) is 1.90. The van der Waals surface area contributed by atoms with Crippen LogP contribution in [0.15, 0.2) is 22.7 Å². The van der Waals surface area contributed by atoms with Crippen LogP contribution in [0, 0.1) is 6.92 Å². The Morgan fingerprint density at radius 2 is 2.11 bits per heavy atom. The van der Waals surface area contributed by atoms with Gasteiger partial charge >= 0.3 is 0 Å². The molecule has 1 rings (SSSR count). The predicted octanol–water partition coefficient (Wildman–Crippen LogP) is 1.72. The molecule has 100 valence electrons. The van der Waals surface area contributed by atoms with E-state index < -0.39 is 0 Å². The minimum atomic E-state index is -0.0564. The fraction of sp³-hybridized carbons (Fsp3) is 0.462. The van der Waals surface area contributed by atoms with E-state index in [1.165, 1.54) is 0 Å². The van der Waals surface area contributed by atoms with Gasteiger partial charge in [0.15, 0.2) is 0 Å². The Kier molecular flexibility index (Phi) is 6.93. The third-order valence-electron chi connectivity index (χ3n) is 2.44. The summed E-state index contributed by atoms with van der Waals surface area (Å²) in [4.78, 5) is 11.9. The van der Waals surface area contributed by atoms with Crippen molar-refractivity contribution in [2.24, 2.45) is 0 Å². The van der Waals surface area contributed by atoms with Crippen molar-refractivity contribution in [3.05, 3.63) is 33.8 Å². The quantitative estimate of drug-likeness (QED) is 0.754. The second-order valence-electron chi connectivity index (χ2n) is 3.98. The summed E-state index contributed by atoms with van der Waals surface area (Å²) in [6, 6.07) is 5.73. The summed E-state index contributed by atoms with van der Waals surface area (Å²) >= 11 is 3.38. The third-order valence-corrected chi connectivity index (χ3v) is 3.13. The van der Waals surface area contributed by atoms with Crippen LogP contribution in [0.4, 0.5) is 0 Å². The number of halogens is 1. The van der Waals surface area contributed by atoms with E-state index in [0.717, 1.165) is 23.1 Å². The molecule has 0 radical (unpaired) electrons. The van der Waals surface area contributed by atoms with Gasteiger partial charge < -0.3 is 15.4 Å². The van der Waals surface area contributed by atoms with Crippen LogP contribution in [0.25, 0.3) is 0 Å². The van der Waals surface area contributed by atoms with E-state index in [1.807, 2.05) is 25.1 Å². The summed E-state index contributed by atoms with van der Waals surface area (Å²) in [5, 5.41) is 6.04. The number of hydrogen-bond donors (Lipinski definition) is 2. The van der Waals surface area contributed by atoms with E-state index in [2.05, 4.69) is 26.6 Å². The van der Waals surface area contributed by atoms with Crippen LogP contribution in [0.5, 0.6) is 0 Å². The summed E-state index contributed by atoms with van der Waals surface area (Å²) in [5.41, 5.74) is 1.74. The van der Waals surface area contributed by atoms with Crippen molar-refractivity contribution in [2.45, 2.75) is 6.92 Å². The summed E-state index contributed by atoms with van der Waals surface area (Å²) in [6.45, 7) is 4.77. The average Bonchev–Trinajstić information content (AvgIpc) is 2.36. The van der Waals surface area contributed by atoms with Crippen LogP contribution in [0.1, 0.15) is 15.9 Å². The predicted molar refractivity (Wildman–Crippen MR) is 76.0 cm³/mol. The molecule has 0 heterocycles. The largest absolute Gasteiger partial charge is 0.383 e. The molecule has 1 aromatic carbocycles. The highest BCUT2D eigenvalue weighted by Gasteiger charge is 2.08. The van der Waals surface area contributed by atoms with Gasteiger partial charge in [-0.1, -0.05) is 11.6 Å².